The predicted octanol–water partition coefficient (Wildman–Crippen LogP) is 19.4. The first-order valence-electron chi connectivity index (χ1n) is 35.7. The molecule has 0 bridgehead atoms. The summed E-state index contributed by atoms with van der Waals surface area (Å²) in [6.45, 7) is 7.10. The van der Waals surface area contributed by atoms with Crippen LogP contribution in [-0.4, -0.2) is 96.7 Å². The van der Waals surface area contributed by atoms with Crippen LogP contribution in [0, 0.1) is 5.92 Å². The summed E-state index contributed by atoms with van der Waals surface area (Å²) in [4.78, 5) is 71.8. The van der Waals surface area contributed by atoms with E-state index in [0.29, 0.717) is 25.7 Å². The molecular formula is C68H132O17P2. The molecule has 516 valence electrons. The van der Waals surface area contributed by atoms with Crippen LogP contribution >= 0.6 is 15.6 Å². The largest absolute Gasteiger partial charge is 0.472 e. The zero-order chi connectivity index (χ0) is 64.2. The first-order chi connectivity index (χ1) is 42.1. The van der Waals surface area contributed by atoms with Crippen LogP contribution in [0.3, 0.4) is 0 Å². The second kappa shape index (κ2) is 61.6. The Bertz CT molecular complexity index is 1690. The number of unbranched alkanes of at least 4 members (excludes halogenated alkanes) is 39. The molecule has 6 atom stereocenters. The van der Waals surface area contributed by atoms with Crippen LogP contribution in [0.1, 0.15) is 349 Å². The topological polar surface area (TPSA) is 237 Å². The van der Waals surface area contributed by atoms with Crippen molar-refractivity contribution in [3.63, 3.8) is 0 Å². The molecule has 3 N–H and O–H groups in total. The van der Waals surface area contributed by atoms with Gasteiger partial charge in [0.15, 0.2) is 12.2 Å². The van der Waals surface area contributed by atoms with Crippen LogP contribution in [0.4, 0.5) is 0 Å². The Kier molecular flexibility index (Phi) is 60.2. The number of carbonyl (C=O) groups is 4. The molecule has 0 rings (SSSR count). The van der Waals surface area contributed by atoms with E-state index in [0.717, 1.165) is 102 Å². The maximum absolute atomic E-state index is 13.0. The number of hydrogen-bond donors (Lipinski definition) is 3. The van der Waals surface area contributed by atoms with E-state index in [1.165, 1.54) is 167 Å². The molecular weight excluding hydrogens is 1150 g/mol. The van der Waals surface area contributed by atoms with Crippen molar-refractivity contribution in [2.24, 2.45) is 5.92 Å². The molecule has 0 radical (unpaired) electrons. The number of phosphoric ester groups is 2. The highest BCUT2D eigenvalue weighted by Crippen LogP contribution is 2.45. The molecule has 0 aromatic rings. The normalized spacial score (nSPS) is 14.4. The molecule has 0 amide bonds. The smallest absolute Gasteiger partial charge is 0.462 e. The van der Waals surface area contributed by atoms with E-state index >= 15 is 0 Å². The number of ether oxygens (including phenoxy) is 4. The average Bonchev–Trinajstić information content (AvgIpc) is 3.65. The minimum atomic E-state index is -4.95. The van der Waals surface area contributed by atoms with Crippen molar-refractivity contribution in [2.45, 2.75) is 368 Å². The molecule has 0 aromatic heterocycles. The van der Waals surface area contributed by atoms with E-state index in [9.17, 15) is 43.2 Å². The number of phosphoric acid groups is 2. The Morgan fingerprint density at radius 1 is 0.322 bits per heavy atom. The molecule has 19 heteroatoms. The molecule has 0 aliphatic heterocycles. The van der Waals surface area contributed by atoms with Gasteiger partial charge in [-0.1, -0.05) is 298 Å². The van der Waals surface area contributed by atoms with E-state index in [1.54, 1.807) is 0 Å². The molecule has 87 heavy (non-hydrogen) atoms. The number of aliphatic hydroxyl groups is 1. The van der Waals surface area contributed by atoms with Crippen molar-refractivity contribution in [1.82, 2.24) is 0 Å². The standard InChI is InChI=1S/C68H132O17P2/c1-6-10-13-16-17-18-19-20-21-22-23-24-25-30-33-36-39-44-49-54-68(73)85-64(58-79-66(71)52-47-43-38-35-32-29-27-26-28-31-34-37-42-45-50-61(5)9-4)60-83-87(76,77)81-56-62(69)55-80-86(74,75)82-59-63(84-67(72)53-48-41-15-12-8-3)57-78-65(70)51-46-40-14-11-7-2/h61-64,69H,6-60H2,1-5H3,(H,74,75)(H,76,77)/t61?,62-,63+,64+/m0/s1. The lowest BCUT2D eigenvalue weighted by molar-refractivity contribution is -0.161. The summed E-state index contributed by atoms with van der Waals surface area (Å²) < 4.78 is 67.7. The fourth-order valence-corrected chi connectivity index (χ4v) is 11.8. The maximum Gasteiger partial charge on any atom is 0.472 e. The second-order valence-corrected chi connectivity index (χ2v) is 27.7. The first kappa shape index (κ1) is 85.1. The number of esters is 4. The minimum absolute atomic E-state index is 0.0990. The van der Waals surface area contributed by atoms with Gasteiger partial charge < -0.3 is 33.8 Å². The third-order valence-electron chi connectivity index (χ3n) is 16.1. The highest BCUT2D eigenvalue weighted by atomic mass is 31.2. The van der Waals surface area contributed by atoms with Gasteiger partial charge in [0.25, 0.3) is 0 Å². The fourth-order valence-electron chi connectivity index (χ4n) is 10.3. The Morgan fingerprint density at radius 2 is 0.552 bits per heavy atom. The molecule has 0 saturated heterocycles. The van der Waals surface area contributed by atoms with Crippen molar-refractivity contribution >= 4 is 39.5 Å². The fraction of sp³-hybridized carbons (Fsp3) is 0.941. The first-order valence-corrected chi connectivity index (χ1v) is 38.7. The molecule has 0 aromatic carbocycles. The molecule has 3 unspecified atom stereocenters. The summed E-state index contributed by atoms with van der Waals surface area (Å²) in [5.41, 5.74) is 0. The van der Waals surface area contributed by atoms with Gasteiger partial charge in [-0.25, -0.2) is 9.13 Å². The molecule has 0 saturated carbocycles. The van der Waals surface area contributed by atoms with Gasteiger partial charge in [0.05, 0.1) is 26.4 Å². The van der Waals surface area contributed by atoms with Crippen molar-refractivity contribution < 1.29 is 80.2 Å². The van der Waals surface area contributed by atoms with Gasteiger partial charge in [0, 0.05) is 25.7 Å². The quantitative estimate of drug-likeness (QED) is 0.0222. The van der Waals surface area contributed by atoms with Crippen LogP contribution in [-0.2, 0) is 65.4 Å². The molecule has 0 aliphatic carbocycles. The van der Waals surface area contributed by atoms with Crippen LogP contribution in [0.2, 0.25) is 0 Å². The van der Waals surface area contributed by atoms with Crippen molar-refractivity contribution in [3.8, 4) is 0 Å². The Morgan fingerprint density at radius 3 is 0.816 bits per heavy atom. The Labute approximate surface area is 530 Å². The lowest BCUT2D eigenvalue weighted by Gasteiger charge is -2.21. The van der Waals surface area contributed by atoms with E-state index in [-0.39, 0.29) is 25.7 Å². The zero-order valence-corrected chi connectivity index (χ0v) is 57.9. The van der Waals surface area contributed by atoms with Crippen molar-refractivity contribution in [1.29, 1.82) is 0 Å². The van der Waals surface area contributed by atoms with Gasteiger partial charge in [0.1, 0.15) is 19.3 Å². The SMILES string of the molecule is CCCCCCCCCCCCCCCCCCCCCC(=O)O[C@H](COC(=O)CCCCCCCCCCCCCCCCC(C)CC)COP(=O)(O)OC[C@@H](O)COP(=O)(O)OC[C@@H](COC(=O)CCCCCCC)OC(=O)CCCCCCC. The second-order valence-electron chi connectivity index (χ2n) is 24.8. The molecule has 0 spiro atoms. The van der Waals surface area contributed by atoms with Crippen molar-refractivity contribution in [3.05, 3.63) is 0 Å². The number of carbonyl (C=O) groups excluding carboxylic acids is 4. The lowest BCUT2D eigenvalue weighted by atomic mass is 9.99. The summed E-state index contributed by atoms with van der Waals surface area (Å²) >= 11 is 0. The summed E-state index contributed by atoms with van der Waals surface area (Å²) in [5, 5.41) is 10.5. The van der Waals surface area contributed by atoms with E-state index in [2.05, 4.69) is 34.6 Å². The van der Waals surface area contributed by atoms with Crippen LogP contribution in [0.5, 0.6) is 0 Å². The molecule has 17 nitrogen and oxygen atoms in total. The van der Waals surface area contributed by atoms with Crippen molar-refractivity contribution in [2.75, 3.05) is 39.6 Å². The van der Waals surface area contributed by atoms with Gasteiger partial charge in [0.2, 0.25) is 0 Å². The Balaban J connectivity index is 5.06. The van der Waals surface area contributed by atoms with Gasteiger partial charge in [-0.15, -0.1) is 0 Å². The molecule has 0 aliphatic rings. The number of aliphatic hydroxyl groups excluding tert-OH is 1. The summed E-state index contributed by atoms with van der Waals surface area (Å²) in [6.07, 6.45) is 48.1. The predicted molar refractivity (Wildman–Crippen MR) is 349 cm³/mol. The Hall–Kier alpha value is -1.94. The van der Waals surface area contributed by atoms with E-state index < -0.39 is 97.5 Å². The minimum Gasteiger partial charge on any atom is -0.462 e. The number of rotatable bonds is 68. The summed E-state index contributed by atoms with van der Waals surface area (Å²) in [7, 11) is -9.87. The van der Waals surface area contributed by atoms with Crippen LogP contribution in [0.25, 0.3) is 0 Å². The average molecular weight is 1280 g/mol. The number of hydrogen-bond acceptors (Lipinski definition) is 15. The highest BCUT2D eigenvalue weighted by Gasteiger charge is 2.30. The van der Waals surface area contributed by atoms with E-state index in [1.807, 2.05) is 0 Å². The van der Waals surface area contributed by atoms with Gasteiger partial charge in [-0.05, 0) is 31.6 Å². The van der Waals surface area contributed by atoms with Crippen LogP contribution in [0.15, 0.2) is 0 Å². The third kappa shape index (κ3) is 61.3. The summed E-state index contributed by atoms with van der Waals surface area (Å²) in [6, 6.07) is 0. The zero-order valence-electron chi connectivity index (χ0n) is 56.2. The third-order valence-corrected chi connectivity index (χ3v) is 18.0. The van der Waals surface area contributed by atoms with Gasteiger partial charge >= 0.3 is 39.5 Å². The van der Waals surface area contributed by atoms with Gasteiger partial charge in [-0.3, -0.25) is 37.3 Å². The highest BCUT2D eigenvalue weighted by molar-refractivity contribution is 7.47. The lowest BCUT2D eigenvalue weighted by Crippen LogP contribution is -2.30. The van der Waals surface area contributed by atoms with Crippen LogP contribution < -0.4 is 0 Å². The molecule has 0 heterocycles. The van der Waals surface area contributed by atoms with Gasteiger partial charge in [-0.2, -0.15) is 0 Å². The molecule has 0 fully saturated rings. The summed E-state index contributed by atoms with van der Waals surface area (Å²) in [5.74, 6) is -1.30. The maximum atomic E-state index is 13.0. The van der Waals surface area contributed by atoms with E-state index in [4.69, 9.17) is 37.0 Å². The monoisotopic (exact) mass is 1280 g/mol.